The zero-order valence-electron chi connectivity index (χ0n) is 18.8. The Hall–Kier alpha value is -4.83. The Morgan fingerprint density at radius 1 is 0.429 bits per heavy atom. The fourth-order valence-corrected chi connectivity index (χ4v) is 4.25. The number of benzene rings is 5. The molecule has 1 N–H and O–H groups in total. The van der Waals surface area contributed by atoms with Gasteiger partial charge in [0.25, 0.3) is 0 Å². The molecular formula is C31H21N3O. The van der Waals surface area contributed by atoms with E-state index >= 15 is 0 Å². The number of phenols is 1. The van der Waals surface area contributed by atoms with E-state index in [0.29, 0.717) is 17.5 Å². The van der Waals surface area contributed by atoms with E-state index < -0.39 is 0 Å². The second-order valence-corrected chi connectivity index (χ2v) is 8.33. The summed E-state index contributed by atoms with van der Waals surface area (Å²) in [6, 6.07) is 39.8. The first-order valence-electron chi connectivity index (χ1n) is 11.4. The third kappa shape index (κ3) is 4.13. The van der Waals surface area contributed by atoms with Crippen molar-refractivity contribution >= 4 is 10.8 Å². The molecule has 0 spiro atoms. The molecule has 35 heavy (non-hydrogen) atoms. The Morgan fingerprint density at radius 2 is 0.943 bits per heavy atom. The molecule has 0 aliphatic rings. The quantitative estimate of drug-likeness (QED) is 0.303. The highest BCUT2D eigenvalue weighted by atomic mass is 16.3. The van der Waals surface area contributed by atoms with Crippen LogP contribution in [-0.4, -0.2) is 20.1 Å². The van der Waals surface area contributed by atoms with Crippen molar-refractivity contribution in [2.24, 2.45) is 0 Å². The van der Waals surface area contributed by atoms with Crippen LogP contribution in [-0.2, 0) is 0 Å². The molecule has 4 nitrogen and oxygen atoms in total. The van der Waals surface area contributed by atoms with Crippen LogP contribution in [0.2, 0.25) is 0 Å². The van der Waals surface area contributed by atoms with E-state index in [9.17, 15) is 5.11 Å². The number of rotatable bonds is 4. The summed E-state index contributed by atoms with van der Waals surface area (Å²) < 4.78 is 0. The summed E-state index contributed by atoms with van der Waals surface area (Å²) in [6.45, 7) is 0. The van der Waals surface area contributed by atoms with Gasteiger partial charge >= 0.3 is 0 Å². The summed E-state index contributed by atoms with van der Waals surface area (Å²) in [5.74, 6) is 2.17. The normalized spacial score (nSPS) is 11.0. The molecule has 0 radical (unpaired) electrons. The fraction of sp³-hybridized carbons (Fsp3) is 0. The molecule has 4 heteroatoms. The molecule has 1 aromatic heterocycles. The van der Waals surface area contributed by atoms with E-state index in [2.05, 4.69) is 18.2 Å². The molecule has 0 saturated carbocycles. The molecule has 0 saturated heterocycles. The third-order valence-electron chi connectivity index (χ3n) is 6.02. The molecule has 5 aromatic carbocycles. The minimum Gasteiger partial charge on any atom is -0.508 e. The summed E-state index contributed by atoms with van der Waals surface area (Å²) in [5.41, 5.74) is 4.93. The zero-order valence-corrected chi connectivity index (χ0v) is 18.8. The SMILES string of the molecule is Oc1ccc2cccc(-c3ccc(-c4nc(-c5ccccc5)nc(-c5ccccc5)n4)cc3)c2c1. The molecule has 6 aromatic rings. The highest BCUT2D eigenvalue weighted by Gasteiger charge is 2.12. The zero-order chi connectivity index (χ0) is 23.6. The largest absolute Gasteiger partial charge is 0.508 e. The van der Waals surface area contributed by atoms with Crippen molar-refractivity contribution in [1.82, 2.24) is 15.0 Å². The first-order chi connectivity index (χ1) is 17.2. The number of aromatic hydroxyl groups is 1. The van der Waals surface area contributed by atoms with E-state index in [0.717, 1.165) is 38.6 Å². The van der Waals surface area contributed by atoms with Crippen molar-refractivity contribution in [1.29, 1.82) is 0 Å². The van der Waals surface area contributed by atoms with Crippen LogP contribution in [0.25, 0.3) is 56.1 Å². The average Bonchev–Trinajstić information content (AvgIpc) is 2.93. The van der Waals surface area contributed by atoms with Crippen molar-refractivity contribution in [3.63, 3.8) is 0 Å². The van der Waals surface area contributed by atoms with Gasteiger partial charge in [-0.3, -0.25) is 0 Å². The number of fused-ring (bicyclic) bond motifs is 1. The number of hydrogen-bond donors (Lipinski definition) is 1. The van der Waals surface area contributed by atoms with E-state index in [1.165, 1.54) is 0 Å². The van der Waals surface area contributed by atoms with Gasteiger partial charge < -0.3 is 5.11 Å². The second-order valence-electron chi connectivity index (χ2n) is 8.33. The highest BCUT2D eigenvalue weighted by Crippen LogP contribution is 2.32. The Bertz CT molecular complexity index is 1570. The lowest BCUT2D eigenvalue weighted by Crippen LogP contribution is -2.00. The number of aromatic nitrogens is 3. The molecule has 166 valence electrons. The van der Waals surface area contributed by atoms with Crippen molar-refractivity contribution in [3.8, 4) is 51.0 Å². The van der Waals surface area contributed by atoms with Crippen LogP contribution in [0, 0.1) is 0 Å². The maximum Gasteiger partial charge on any atom is 0.164 e. The lowest BCUT2D eigenvalue weighted by Gasteiger charge is -2.10. The van der Waals surface area contributed by atoms with Crippen molar-refractivity contribution in [2.75, 3.05) is 0 Å². The minimum absolute atomic E-state index is 0.258. The molecule has 0 amide bonds. The van der Waals surface area contributed by atoms with Crippen LogP contribution >= 0.6 is 0 Å². The van der Waals surface area contributed by atoms with E-state index in [1.54, 1.807) is 6.07 Å². The van der Waals surface area contributed by atoms with E-state index in [1.807, 2.05) is 97.1 Å². The molecule has 0 fully saturated rings. The maximum absolute atomic E-state index is 10.0. The van der Waals surface area contributed by atoms with Gasteiger partial charge in [0.1, 0.15) is 5.75 Å². The molecule has 0 bridgehead atoms. The standard InChI is InChI=1S/C31H21N3O/c35-26-19-18-21-12-7-13-27(28(21)20-26)22-14-16-25(17-15-22)31-33-29(23-8-3-1-4-9-23)32-30(34-31)24-10-5-2-6-11-24/h1-20,35H. The maximum atomic E-state index is 10.0. The topological polar surface area (TPSA) is 58.9 Å². The van der Waals surface area contributed by atoms with Crippen LogP contribution in [0.4, 0.5) is 0 Å². The fourth-order valence-electron chi connectivity index (χ4n) is 4.25. The lowest BCUT2D eigenvalue weighted by molar-refractivity contribution is 0.476. The molecule has 1 heterocycles. The Balaban J connectivity index is 1.45. The van der Waals surface area contributed by atoms with Gasteiger partial charge in [0.2, 0.25) is 0 Å². The number of hydrogen-bond acceptors (Lipinski definition) is 4. The van der Waals surface area contributed by atoms with Gasteiger partial charge in [-0.25, -0.2) is 15.0 Å². The van der Waals surface area contributed by atoms with Gasteiger partial charge in [0, 0.05) is 16.7 Å². The van der Waals surface area contributed by atoms with Gasteiger partial charge in [0.15, 0.2) is 17.5 Å². The first kappa shape index (κ1) is 20.8. The predicted octanol–water partition coefficient (Wildman–Crippen LogP) is 7.40. The van der Waals surface area contributed by atoms with Gasteiger partial charge in [-0.15, -0.1) is 0 Å². The van der Waals surface area contributed by atoms with Gasteiger partial charge in [-0.05, 0) is 34.0 Å². The second kappa shape index (κ2) is 8.84. The summed E-state index contributed by atoms with van der Waals surface area (Å²) in [4.78, 5) is 14.4. The minimum atomic E-state index is 0.258. The third-order valence-corrected chi connectivity index (χ3v) is 6.02. The first-order valence-corrected chi connectivity index (χ1v) is 11.4. The monoisotopic (exact) mass is 451 g/mol. The summed E-state index contributed by atoms with van der Waals surface area (Å²) in [6.07, 6.45) is 0. The molecule has 0 unspecified atom stereocenters. The van der Waals surface area contributed by atoms with E-state index in [-0.39, 0.29) is 5.75 Å². The predicted molar refractivity (Wildman–Crippen MR) is 141 cm³/mol. The van der Waals surface area contributed by atoms with Crippen LogP contribution in [0.3, 0.4) is 0 Å². The summed E-state index contributed by atoms with van der Waals surface area (Å²) in [7, 11) is 0. The molecular weight excluding hydrogens is 430 g/mol. The average molecular weight is 452 g/mol. The Kier molecular flexibility index (Phi) is 5.24. The summed E-state index contributed by atoms with van der Waals surface area (Å²) >= 11 is 0. The Morgan fingerprint density at radius 3 is 1.51 bits per heavy atom. The summed E-state index contributed by atoms with van der Waals surface area (Å²) in [5, 5.41) is 12.1. The molecule has 6 rings (SSSR count). The molecule has 0 aliphatic heterocycles. The van der Waals surface area contributed by atoms with Gasteiger partial charge in [-0.1, -0.05) is 109 Å². The van der Waals surface area contributed by atoms with Crippen LogP contribution in [0.5, 0.6) is 5.75 Å². The lowest BCUT2D eigenvalue weighted by atomic mass is 9.97. The van der Waals surface area contributed by atoms with Crippen molar-refractivity contribution in [2.45, 2.75) is 0 Å². The molecule has 0 aliphatic carbocycles. The highest BCUT2D eigenvalue weighted by molar-refractivity contribution is 5.97. The van der Waals surface area contributed by atoms with Gasteiger partial charge in [-0.2, -0.15) is 0 Å². The van der Waals surface area contributed by atoms with Crippen molar-refractivity contribution < 1.29 is 5.11 Å². The van der Waals surface area contributed by atoms with Crippen LogP contribution in [0.15, 0.2) is 121 Å². The van der Waals surface area contributed by atoms with Crippen LogP contribution < -0.4 is 0 Å². The molecule has 0 atom stereocenters. The van der Waals surface area contributed by atoms with E-state index in [4.69, 9.17) is 15.0 Å². The number of nitrogens with zero attached hydrogens (tertiary/aromatic N) is 3. The van der Waals surface area contributed by atoms with Crippen LogP contribution in [0.1, 0.15) is 0 Å². The smallest absolute Gasteiger partial charge is 0.164 e. The number of phenolic OH excluding ortho intramolecular Hbond substituents is 1. The van der Waals surface area contributed by atoms with Crippen molar-refractivity contribution in [3.05, 3.63) is 121 Å². The Labute approximate surface area is 203 Å². The van der Waals surface area contributed by atoms with Gasteiger partial charge in [0.05, 0.1) is 0 Å².